The van der Waals surface area contributed by atoms with Gasteiger partial charge in [-0.25, -0.2) is 0 Å². The predicted molar refractivity (Wildman–Crippen MR) is 161 cm³/mol. The Morgan fingerprint density at radius 2 is 1.53 bits per heavy atom. The van der Waals surface area contributed by atoms with E-state index >= 15 is 0 Å². The van der Waals surface area contributed by atoms with Crippen molar-refractivity contribution in [1.29, 1.82) is 0 Å². The molecule has 3 heteroatoms. The molecule has 0 aromatic heterocycles. The summed E-state index contributed by atoms with van der Waals surface area (Å²) >= 11 is 0. The molecule has 3 aromatic rings. The van der Waals surface area contributed by atoms with Gasteiger partial charge in [-0.1, -0.05) is 84.7 Å². The standard InChI is InChI=1S/C35H43NO2/c1-8-9-10-11-27-21-31-32(35(6,7)24(3)34(31,4)5)22-30(27)23(2)20-25-12-14-26(15-13-25)33(38)36-28-16-18-29(37)19-17-28/h12-22,24,37H,8-11H2,1-7H3,(H,36,38)/b23-20+. The van der Waals surface area contributed by atoms with Gasteiger partial charge in [-0.2, -0.15) is 0 Å². The number of hydrogen-bond donors (Lipinski definition) is 2. The minimum Gasteiger partial charge on any atom is -0.508 e. The molecule has 2 N–H and O–H groups in total. The second kappa shape index (κ2) is 10.8. The summed E-state index contributed by atoms with van der Waals surface area (Å²) < 4.78 is 0. The van der Waals surface area contributed by atoms with Crippen LogP contribution in [0.5, 0.6) is 5.75 Å². The van der Waals surface area contributed by atoms with Crippen LogP contribution >= 0.6 is 0 Å². The van der Waals surface area contributed by atoms with Gasteiger partial charge in [0.1, 0.15) is 5.75 Å². The molecule has 4 rings (SSSR count). The summed E-state index contributed by atoms with van der Waals surface area (Å²) in [7, 11) is 0. The maximum absolute atomic E-state index is 12.7. The monoisotopic (exact) mass is 509 g/mol. The zero-order valence-corrected chi connectivity index (χ0v) is 24.1. The van der Waals surface area contributed by atoms with Crippen molar-refractivity contribution in [2.24, 2.45) is 5.92 Å². The van der Waals surface area contributed by atoms with Gasteiger partial charge in [0.05, 0.1) is 0 Å². The van der Waals surface area contributed by atoms with Crippen molar-refractivity contribution in [3.05, 3.63) is 94.0 Å². The molecule has 3 nitrogen and oxygen atoms in total. The number of carbonyl (C=O) groups is 1. The SMILES string of the molecule is CCCCCc1cc2c(cc1/C(C)=C/c1ccc(C(=O)Nc3ccc(O)cc3)cc1)C(C)(C)C(C)C2(C)C. The maximum Gasteiger partial charge on any atom is 0.255 e. The van der Waals surface area contributed by atoms with Crippen LogP contribution < -0.4 is 5.32 Å². The topological polar surface area (TPSA) is 49.3 Å². The average molecular weight is 510 g/mol. The molecule has 0 spiro atoms. The Bertz CT molecular complexity index is 1330. The molecular formula is C35H43NO2. The van der Waals surface area contributed by atoms with Gasteiger partial charge in [0, 0.05) is 11.3 Å². The second-order valence-electron chi connectivity index (χ2n) is 12.1. The summed E-state index contributed by atoms with van der Waals surface area (Å²) in [5.41, 5.74) is 9.68. The number of rotatable bonds is 8. The molecule has 1 aliphatic rings. The van der Waals surface area contributed by atoms with E-state index in [1.807, 2.05) is 24.3 Å². The number of fused-ring (bicyclic) bond motifs is 1. The molecule has 1 amide bonds. The average Bonchev–Trinajstić information content (AvgIpc) is 3.02. The van der Waals surface area contributed by atoms with Gasteiger partial charge in [0.2, 0.25) is 0 Å². The minimum atomic E-state index is -0.168. The van der Waals surface area contributed by atoms with Gasteiger partial charge in [0.25, 0.3) is 5.91 Å². The zero-order valence-electron chi connectivity index (χ0n) is 24.1. The first-order valence-corrected chi connectivity index (χ1v) is 14.0. The minimum absolute atomic E-state index is 0.127. The number of carbonyl (C=O) groups excluding carboxylic acids is 1. The highest BCUT2D eigenvalue weighted by Crippen LogP contribution is 2.54. The van der Waals surface area contributed by atoms with Gasteiger partial charge in [-0.05, 0) is 106 Å². The Labute approximate surface area is 229 Å². The molecule has 0 heterocycles. The third kappa shape index (κ3) is 5.43. The molecule has 1 atom stereocenters. The van der Waals surface area contributed by atoms with E-state index in [1.165, 1.54) is 47.1 Å². The molecule has 1 aliphatic carbocycles. The van der Waals surface area contributed by atoms with Crippen LogP contribution in [-0.4, -0.2) is 11.0 Å². The quantitative estimate of drug-likeness (QED) is 0.181. The van der Waals surface area contributed by atoms with Crippen LogP contribution in [0, 0.1) is 5.92 Å². The van der Waals surface area contributed by atoms with Crippen molar-refractivity contribution in [3.63, 3.8) is 0 Å². The van der Waals surface area contributed by atoms with Gasteiger partial charge >= 0.3 is 0 Å². The lowest BCUT2D eigenvalue weighted by atomic mass is 9.71. The summed E-state index contributed by atoms with van der Waals surface area (Å²) in [5, 5.41) is 12.3. The van der Waals surface area contributed by atoms with E-state index in [1.54, 1.807) is 24.3 Å². The lowest BCUT2D eigenvalue weighted by Crippen LogP contribution is -2.30. The fourth-order valence-corrected chi connectivity index (χ4v) is 6.03. The van der Waals surface area contributed by atoms with E-state index in [0.29, 0.717) is 17.2 Å². The molecule has 0 fully saturated rings. The number of phenols is 1. The summed E-state index contributed by atoms with van der Waals surface area (Å²) in [6.45, 7) is 16.5. The highest BCUT2D eigenvalue weighted by molar-refractivity contribution is 6.04. The normalized spacial score (nSPS) is 17.8. The molecule has 0 saturated carbocycles. The fourth-order valence-electron chi connectivity index (χ4n) is 6.03. The van der Waals surface area contributed by atoms with E-state index in [-0.39, 0.29) is 22.5 Å². The molecule has 38 heavy (non-hydrogen) atoms. The Balaban J connectivity index is 1.63. The summed E-state index contributed by atoms with van der Waals surface area (Å²) in [6.07, 6.45) is 7.02. The zero-order chi connectivity index (χ0) is 27.7. The van der Waals surface area contributed by atoms with Crippen molar-refractivity contribution in [3.8, 4) is 5.75 Å². The molecule has 0 saturated heterocycles. The maximum atomic E-state index is 12.7. The molecule has 200 valence electrons. The van der Waals surface area contributed by atoms with Crippen LogP contribution in [0.1, 0.15) is 106 Å². The Morgan fingerprint density at radius 3 is 2.13 bits per heavy atom. The van der Waals surface area contributed by atoms with Crippen molar-refractivity contribution in [2.45, 2.75) is 85.0 Å². The number of amides is 1. The Kier molecular flexibility index (Phi) is 7.88. The van der Waals surface area contributed by atoms with Crippen molar-refractivity contribution in [2.75, 3.05) is 5.32 Å². The van der Waals surface area contributed by atoms with Crippen molar-refractivity contribution < 1.29 is 9.90 Å². The summed E-state index contributed by atoms with van der Waals surface area (Å²) in [4.78, 5) is 12.7. The number of benzene rings is 3. The number of anilines is 1. The highest BCUT2D eigenvalue weighted by Gasteiger charge is 2.48. The lowest BCUT2D eigenvalue weighted by Gasteiger charge is -2.32. The van der Waals surface area contributed by atoms with Crippen LogP contribution in [0.4, 0.5) is 5.69 Å². The molecule has 0 aliphatic heterocycles. The highest BCUT2D eigenvalue weighted by atomic mass is 16.3. The molecule has 1 unspecified atom stereocenters. The number of phenolic OH excluding ortho intramolecular Hbond substituents is 1. The van der Waals surface area contributed by atoms with E-state index in [2.05, 4.69) is 72.0 Å². The largest absolute Gasteiger partial charge is 0.508 e. The smallest absolute Gasteiger partial charge is 0.255 e. The molecule has 0 radical (unpaired) electrons. The number of allylic oxidation sites excluding steroid dienone is 1. The van der Waals surface area contributed by atoms with Crippen LogP contribution in [0.2, 0.25) is 0 Å². The summed E-state index contributed by atoms with van der Waals surface area (Å²) in [6, 6.07) is 19.2. The van der Waals surface area contributed by atoms with E-state index < -0.39 is 0 Å². The molecular weight excluding hydrogens is 466 g/mol. The number of aromatic hydroxyl groups is 1. The van der Waals surface area contributed by atoms with E-state index in [0.717, 1.165) is 12.0 Å². The van der Waals surface area contributed by atoms with Crippen molar-refractivity contribution >= 4 is 23.2 Å². The molecule has 3 aromatic carbocycles. The predicted octanol–water partition coefficient (Wildman–Crippen LogP) is 9.14. The van der Waals surface area contributed by atoms with Crippen LogP contribution in [0.15, 0.2) is 60.7 Å². The Hall–Kier alpha value is -3.33. The number of aryl methyl sites for hydroxylation is 1. The first kappa shape index (κ1) is 27.7. The van der Waals surface area contributed by atoms with Crippen LogP contribution in [0.25, 0.3) is 11.6 Å². The third-order valence-corrected chi connectivity index (χ3v) is 8.95. The van der Waals surface area contributed by atoms with Gasteiger partial charge in [-0.15, -0.1) is 0 Å². The van der Waals surface area contributed by atoms with Gasteiger partial charge in [-0.3, -0.25) is 4.79 Å². The third-order valence-electron chi connectivity index (χ3n) is 8.95. The first-order valence-electron chi connectivity index (χ1n) is 14.0. The van der Waals surface area contributed by atoms with Crippen LogP contribution in [0.3, 0.4) is 0 Å². The van der Waals surface area contributed by atoms with E-state index in [4.69, 9.17) is 0 Å². The number of hydrogen-bond acceptors (Lipinski definition) is 2. The summed E-state index contributed by atoms with van der Waals surface area (Å²) in [5.74, 6) is 0.570. The number of nitrogens with one attached hydrogen (secondary N) is 1. The van der Waals surface area contributed by atoms with Gasteiger partial charge < -0.3 is 10.4 Å². The van der Waals surface area contributed by atoms with Gasteiger partial charge in [0.15, 0.2) is 0 Å². The van der Waals surface area contributed by atoms with Crippen LogP contribution in [-0.2, 0) is 17.3 Å². The second-order valence-corrected chi connectivity index (χ2v) is 12.1. The van der Waals surface area contributed by atoms with Crippen molar-refractivity contribution in [1.82, 2.24) is 0 Å². The Morgan fingerprint density at radius 1 is 0.921 bits per heavy atom. The molecule has 0 bridgehead atoms. The number of unbranched alkanes of at least 4 members (excludes halogenated alkanes) is 2. The lowest BCUT2D eigenvalue weighted by molar-refractivity contribution is 0.102. The fraction of sp³-hybridized carbons (Fsp3) is 0.400. The first-order chi connectivity index (χ1) is 17.9. The van der Waals surface area contributed by atoms with E-state index in [9.17, 15) is 9.90 Å².